The highest BCUT2D eigenvalue weighted by Gasteiger charge is 2.14. The van der Waals surface area contributed by atoms with Gasteiger partial charge >= 0.3 is 11.9 Å². The molecule has 0 heterocycles. The first kappa shape index (κ1) is 39.9. The first-order valence-electron chi connectivity index (χ1n) is 17.6. The second-order valence-electron chi connectivity index (χ2n) is 11.7. The van der Waals surface area contributed by atoms with Crippen molar-refractivity contribution in [2.45, 2.75) is 180 Å². The molecule has 1 unspecified atom stereocenters. The molecule has 4 heteroatoms. The molecule has 0 aliphatic heterocycles. The van der Waals surface area contributed by atoms with E-state index >= 15 is 0 Å². The van der Waals surface area contributed by atoms with Gasteiger partial charge in [0.1, 0.15) is 6.10 Å². The van der Waals surface area contributed by atoms with E-state index in [2.05, 4.69) is 62.5 Å². The van der Waals surface area contributed by atoms with Gasteiger partial charge in [0, 0.05) is 12.8 Å². The van der Waals surface area contributed by atoms with Crippen molar-refractivity contribution in [1.29, 1.82) is 0 Å². The second kappa shape index (κ2) is 33.4. The van der Waals surface area contributed by atoms with Gasteiger partial charge in [-0.15, -0.1) is 0 Å². The minimum atomic E-state index is -0.716. The van der Waals surface area contributed by atoms with Crippen molar-refractivity contribution in [1.82, 2.24) is 0 Å². The molecule has 0 aliphatic carbocycles. The molecule has 4 nitrogen and oxygen atoms in total. The minimum Gasteiger partial charge on any atom is -0.481 e. The Morgan fingerprint density at radius 3 is 1.55 bits per heavy atom. The third kappa shape index (κ3) is 32.4. The molecule has 0 rings (SSSR count). The van der Waals surface area contributed by atoms with Crippen LogP contribution in [0.4, 0.5) is 0 Å². The summed E-state index contributed by atoms with van der Waals surface area (Å²) in [6, 6.07) is 0. The highest BCUT2D eigenvalue weighted by atomic mass is 16.5. The molecule has 0 fully saturated rings. The highest BCUT2D eigenvalue weighted by molar-refractivity contribution is 5.69. The van der Waals surface area contributed by atoms with E-state index in [1.807, 2.05) is 0 Å². The van der Waals surface area contributed by atoms with Crippen molar-refractivity contribution in [2.75, 3.05) is 0 Å². The molecule has 0 saturated carbocycles. The van der Waals surface area contributed by atoms with Crippen LogP contribution in [0.5, 0.6) is 0 Å². The van der Waals surface area contributed by atoms with E-state index in [1.54, 1.807) is 0 Å². The number of allylic oxidation sites excluding steroid dienone is 8. The van der Waals surface area contributed by atoms with Gasteiger partial charge in [-0.3, -0.25) is 9.59 Å². The molecule has 0 spiro atoms. The zero-order chi connectivity index (χ0) is 30.8. The summed E-state index contributed by atoms with van der Waals surface area (Å²) < 4.78 is 5.87. The van der Waals surface area contributed by atoms with E-state index in [-0.39, 0.29) is 18.5 Å². The zero-order valence-electron chi connectivity index (χ0n) is 27.5. The van der Waals surface area contributed by atoms with Gasteiger partial charge < -0.3 is 9.84 Å². The summed E-state index contributed by atoms with van der Waals surface area (Å²) in [4.78, 5) is 23.1. The number of aliphatic carboxylic acids is 1. The van der Waals surface area contributed by atoms with Crippen molar-refractivity contribution in [3.63, 3.8) is 0 Å². The van der Waals surface area contributed by atoms with E-state index in [0.717, 1.165) is 83.5 Å². The third-order valence-electron chi connectivity index (χ3n) is 7.57. The van der Waals surface area contributed by atoms with Gasteiger partial charge in [0.05, 0.1) is 0 Å². The number of ether oxygens (including phenoxy) is 1. The lowest BCUT2D eigenvalue weighted by Crippen LogP contribution is -2.18. The van der Waals surface area contributed by atoms with Crippen LogP contribution in [0, 0.1) is 0 Å². The summed E-state index contributed by atoms with van der Waals surface area (Å²) in [6.07, 6.45) is 44.3. The van der Waals surface area contributed by atoms with E-state index in [1.165, 1.54) is 64.2 Å². The van der Waals surface area contributed by atoms with Crippen molar-refractivity contribution >= 4 is 11.9 Å². The minimum absolute atomic E-state index is 0.0304. The number of esters is 1. The molecule has 0 aliphatic rings. The summed E-state index contributed by atoms with van der Waals surface area (Å²) in [7, 11) is 0. The summed E-state index contributed by atoms with van der Waals surface area (Å²) in [5.74, 6) is -0.747. The zero-order valence-corrected chi connectivity index (χ0v) is 27.5. The van der Waals surface area contributed by atoms with Crippen LogP contribution < -0.4 is 0 Å². The third-order valence-corrected chi connectivity index (χ3v) is 7.57. The standard InChI is InChI=1S/C38H66O4/c1-3-5-7-9-10-11-12-13-14-15-16-17-18-19-20-21-22-23-24-25-31-35-38(41)42-36(32-28-8-6-4-2)33-29-26-27-30-34-37(39)40/h5,7,10-11,13-14,16-17,36H,3-4,6,8-9,12,15,18-35H2,1-2H3,(H,39,40)/b7-5-,11-10-,14-13-,17-16-. The fraction of sp³-hybridized carbons (Fsp3) is 0.737. The maximum Gasteiger partial charge on any atom is 0.306 e. The Bertz CT molecular complexity index is 719. The van der Waals surface area contributed by atoms with E-state index in [0.29, 0.717) is 6.42 Å². The van der Waals surface area contributed by atoms with Gasteiger partial charge in [0.25, 0.3) is 0 Å². The van der Waals surface area contributed by atoms with E-state index in [9.17, 15) is 9.59 Å². The summed E-state index contributed by atoms with van der Waals surface area (Å²) >= 11 is 0. The molecule has 0 saturated heterocycles. The first-order valence-corrected chi connectivity index (χ1v) is 17.6. The second-order valence-corrected chi connectivity index (χ2v) is 11.7. The average molecular weight is 587 g/mol. The Hall–Kier alpha value is -2.10. The smallest absolute Gasteiger partial charge is 0.306 e. The van der Waals surface area contributed by atoms with Gasteiger partial charge in [-0.1, -0.05) is 133 Å². The maximum atomic E-state index is 12.5. The lowest BCUT2D eigenvalue weighted by molar-refractivity contribution is -0.150. The molecule has 0 bridgehead atoms. The topological polar surface area (TPSA) is 63.6 Å². The summed E-state index contributed by atoms with van der Waals surface area (Å²) in [6.45, 7) is 4.37. The van der Waals surface area contributed by atoms with Gasteiger partial charge in [-0.2, -0.15) is 0 Å². The molecule has 0 aromatic rings. The molecular formula is C38H66O4. The van der Waals surface area contributed by atoms with Crippen LogP contribution >= 0.6 is 0 Å². The fourth-order valence-electron chi connectivity index (χ4n) is 5.00. The Morgan fingerprint density at radius 1 is 0.548 bits per heavy atom. The Morgan fingerprint density at radius 2 is 1.00 bits per heavy atom. The number of carbonyl (C=O) groups excluding carboxylic acids is 1. The summed E-state index contributed by atoms with van der Waals surface area (Å²) in [5, 5.41) is 8.77. The molecular weight excluding hydrogens is 520 g/mol. The van der Waals surface area contributed by atoms with Crippen LogP contribution in [-0.2, 0) is 14.3 Å². The Kier molecular flexibility index (Phi) is 31.7. The van der Waals surface area contributed by atoms with Gasteiger partial charge in [-0.05, 0) is 77.0 Å². The van der Waals surface area contributed by atoms with E-state index in [4.69, 9.17) is 9.84 Å². The van der Waals surface area contributed by atoms with Crippen molar-refractivity contribution in [3.05, 3.63) is 48.6 Å². The Balaban J connectivity index is 3.75. The van der Waals surface area contributed by atoms with Crippen molar-refractivity contribution in [3.8, 4) is 0 Å². The lowest BCUT2D eigenvalue weighted by Gasteiger charge is -2.18. The fourth-order valence-corrected chi connectivity index (χ4v) is 5.00. The molecule has 0 radical (unpaired) electrons. The van der Waals surface area contributed by atoms with Crippen LogP contribution in [0.3, 0.4) is 0 Å². The number of carboxylic acid groups (broad SMARTS) is 1. The maximum absolute atomic E-state index is 12.5. The largest absolute Gasteiger partial charge is 0.481 e. The number of carboxylic acids is 1. The van der Waals surface area contributed by atoms with Crippen LogP contribution in [0.1, 0.15) is 174 Å². The van der Waals surface area contributed by atoms with Crippen molar-refractivity contribution in [2.24, 2.45) is 0 Å². The lowest BCUT2D eigenvalue weighted by atomic mass is 10.0. The first-order chi connectivity index (χ1) is 20.6. The van der Waals surface area contributed by atoms with Gasteiger partial charge in [-0.25, -0.2) is 0 Å². The normalized spacial score (nSPS) is 12.8. The molecule has 1 atom stereocenters. The van der Waals surface area contributed by atoms with Crippen molar-refractivity contribution < 1.29 is 19.4 Å². The van der Waals surface area contributed by atoms with Gasteiger partial charge in [0.15, 0.2) is 0 Å². The Labute approximate surface area is 260 Å². The molecule has 0 aromatic carbocycles. The quantitative estimate of drug-likeness (QED) is 0.0498. The van der Waals surface area contributed by atoms with E-state index < -0.39 is 5.97 Å². The number of hydrogen-bond acceptors (Lipinski definition) is 3. The average Bonchev–Trinajstić information content (AvgIpc) is 2.97. The molecule has 1 N–H and O–H groups in total. The molecule has 42 heavy (non-hydrogen) atoms. The predicted molar refractivity (Wildman–Crippen MR) is 181 cm³/mol. The van der Waals surface area contributed by atoms with Crippen LogP contribution in [-0.4, -0.2) is 23.1 Å². The monoisotopic (exact) mass is 586 g/mol. The number of rotatable bonds is 31. The van der Waals surface area contributed by atoms with Crippen LogP contribution in [0.15, 0.2) is 48.6 Å². The van der Waals surface area contributed by atoms with Crippen LogP contribution in [0.25, 0.3) is 0 Å². The SMILES string of the molecule is CC/C=C\C/C=C\C/C=C\C/C=C\CCCCCCCCCCC(=O)OC(CCCCCC)CCCCCCC(=O)O. The molecule has 0 amide bonds. The van der Waals surface area contributed by atoms with Crippen LogP contribution in [0.2, 0.25) is 0 Å². The highest BCUT2D eigenvalue weighted by Crippen LogP contribution is 2.18. The van der Waals surface area contributed by atoms with Gasteiger partial charge in [0.2, 0.25) is 0 Å². The molecule has 242 valence electrons. The summed E-state index contributed by atoms with van der Waals surface area (Å²) in [5.41, 5.74) is 0. The number of unbranched alkanes of at least 4 members (excludes halogenated alkanes) is 14. The number of hydrogen-bond donors (Lipinski definition) is 1. The number of carbonyl (C=O) groups is 2. The molecule has 0 aromatic heterocycles. The predicted octanol–water partition coefficient (Wildman–Crippen LogP) is 12.0.